The van der Waals surface area contributed by atoms with E-state index in [1.54, 1.807) is 12.4 Å². The highest BCUT2D eigenvalue weighted by Gasteiger charge is 2.08. The summed E-state index contributed by atoms with van der Waals surface area (Å²) in [5, 5.41) is 1.47. The number of nitrogens with one attached hydrogen (secondary N) is 1. The smallest absolute Gasteiger partial charge is 0.191 e. The van der Waals surface area contributed by atoms with Crippen LogP contribution in [0.5, 0.6) is 5.75 Å². The lowest BCUT2D eigenvalue weighted by molar-refractivity contribution is 0.344. The molecule has 0 saturated heterocycles. The lowest BCUT2D eigenvalue weighted by Crippen LogP contribution is -2.02. The molecule has 90 valence electrons. The summed E-state index contributed by atoms with van der Waals surface area (Å²) < 4.78 is 5.56. The van der Waals surface area contributed by atoms with Crippen LogP contribution in [0.25, 0.3) is 21.8 Å². The molecular weight excluding hydrogens is 228 g/mol. The zero-order valence-corrected chi connectivity index (χ0v) is 9.93. The number of nitrogens with zero attached hydrogens (tertiary/aromatic N) is 1. The quantitative estimate of drug-likeness (QED) is 0.700. The third-order valence-electron chi connectivity index (χ3n) is 2.89. The van der Waals surface area contributed by atoms with Gasteiger partial charge in [-0.05, 0) is 25.1 Å². The molecule has 0 bridgehead atoms. The van der Waals surface area contributed by atoms with E-state index in [2.05, 4.69) is 9.97 Å². The van der Waals surface area contributed by atoms with Gasteiger partial charge < -0.3 is 9.72 Å². The Morgan fingerprint density at radius 2 is 2.17 bits per heavy atom. The van der Waals surface area contributed by atoms with E-state index in [-0.39, 0.29) is 5.43 Å². The summed E-state index contributed by atoms with van der Waals surface area (Å²) in [6.07, 6.45) is 3.31. The molecule has 1 aromatic carbocycles. The third-order valence-corrected chi connectivity index (χ3v) is 2.89. The SMILES string of the molecule is CCOc1ccnc2c1ccc1[nH]ccc(=O)c12. The Balaban J connectivity index is 2.48. The highest BCUT2D eigenvalue weighted by molar-refractivity contribution is 6.05. The fraction of sp³-hybridized carbons (Fsp3) is 0.143. The van der Waals surface area contributed by atoms with Crippen molar-refractivity contribution in [3.8, 4) is 5.75 Å². The predicted molar refractivity (Wildman–Crippen MR) is 71.0 cm³/mol. The zero-order chi connectivity index (χ0) is 12.5. The van der Waals surface area contributed by atoms with Gasteiger partial charge in [0.2, 0.25) is 0 Å². The lowest BCUT2D eigenvalue weighted by atomic mass is 10.1. The molecule has 4 nitrogen and oxygen atoms in total. The molecule has 2 heterocycles. The van der Waals surface area contributed by atoms with Crippen molar-refractivity contribution in [1.82, 2.24) is 9.97 Å². The van der Waals surface area contributed by atoms with Crippen LogP contribution in [0.4, 0.5) is 0 Å². The number of H-pyrrole nitrogens is 1. The number of benzene rings is 1. The van der Waals surface area contributed by atoms with Crippen LogP contribution in [-0.4, -0.2) is 16.6 Å². The Bertz CT molecular complexity index is 777. The van der Waals surface area contributed by atoms with Crippen LogP contribution in [-0.2, 0) is 0 Å². The number of hydrogen-bond donors (Lipinski definition) is 1. The Morgan fingerprint density at radius 1 is 1.28 bits per heavy atom. The molecule has 0 unspecified atom stereocenters. The van der Waals surface area contributed by atoms with E-state index in [4.69, 9.17) is 4.74 Å². The average Bonchev–Trinajstić information content (AvgIpc) is 2.39. The first-order valence-corrected chi connectivity index (χ1v) is 5.83. The molecule has 0 amide bonds. The van der Waals surface area contributed by atoms with Crippen LogP contribution < -0.4 is 10.2 Å². The van der Waals surface area contributed by atoms with E-state index in [1.165, 1.54) is 6.07 Å². The monoisotopic (exact) mass is 240 g/mol. The van der Waals surface area contributed by atoms with Gasteiger partial charge in [0.25, 0.3) is 0 Å². The largest absolute Gasteiger partial charge is 0.493 e. The van der Waals surface area contributed by atoms with Crippen molar-refractivity contribution in [1.29, 1.82) is 0 Å². The highest BCUT2D eigenvalue weighted by atomic mass is 16.5. The molecule has 0 aliphatic heterocycles. The minimum absolute atomic E-state index is 0.0319. The van der Waals surface area contributed by atoms with Crippen LogP contribution in [0.1, 0.15) is 6.92 Å². The summed E-state index contributed by atoms with van der Waals surface area (Å²) in [5.74, 6) is 0.757. The normalized spacial score (nSPS) is 10.9. The second kappa shape index (κ2) is 4.14. The van der Waals surface area contributed by atoms with E-state index in [1.807, 2.05) is 25.1 Å². The van der Waals surface area contributed by atoms with Gasteiger partial charge in [-0.1, -0.05) is 0 Å². The summed E-state index contributed by atoms with van der Waals surface area (Å²) in [4.78, 5) is 19.3. The molecular formula is C14H12N2O2. The summed E-state index contributed by atoms with van der Waals surface area (Å²) in [7, 11) is 0. The number of aromatic amines is 1. The fourth-order valence-corrected chi connectivity index (χ4v) is 2.13. The second-order valence-electron chi connectivity index (χ2n) is 3.97. The molecule has 3 rings (SSSR count). The molecule has 0 fully saturated rings. The van der Waals surface area contributed by atoms with E-state index < -0.39 is 0 Å². The number of pyridine rings is 2. The highest BCUT2D eigenvalue weighted by Crippen LogP contribution is 2.27. The molecule has 4 heteroatoms. The van der Waals surface area contributed by atoms with Crippen molar-refractivity contribution in [3.05, 3.63) is 46.9 Å². The fourth-order valence-electron chi connectivity index (χ4n) is 2.13. The van der Waals surface area contributed by atoms with E-state index in [0.29, 0.717) is 17.5 Å². The maximum atomic E-state index is 12.0. The van der Waals surface area contributed by atoms with Gasteiger partial charge in [0, 0.05) is 23.8 Å². The first kappa shape index (κ1) is 10.8. The van der Waals surface area contributed by atoms with Crippen molar-refractivity contribution in [2.75, 3.05) is 6.61 Å². The molecule has 18 heavy (non-hydrogen) atoms. The van der Waals surface area contributed by atoms with Gasteiger partial charge in [0.1, 0.15) is 5.75 Å². The second-order valence-corrected chi connectivity index (χ2v) is 3.97. The Morgan fingerprint density at radius 3 is 3.00 bits per heavy atom. The van der Waals surface area contributed by atoms with Crippen molar-refractivity contribution in [2.24, 2.45) is 0 Å². The Labute approximate surface area is 103 Å². The van der Waals surface area contributed by atoms with Crippen LogP contribution in [0.15, 0.2) is 41.5 Å². The van der Waals surface area contributed by atoms with Gasteiger partial charge in [-0.3, -0.25) is 9.78 Å². The Kier molecular flexibility index (Phi) is 2.48. The Hall–Kier alpha value is -2.36. The van der Waals surface area contributed by atoms with Crippen molar-refractivity contribution in [2.45, 2.75) is 6.92 Å². The molecule has 0 radical (unpaired) electrons. The van der Waals surface area contributed by atoms with Gasteiger partial charge in [-0.25, -0.2) is 0 Å². The average molecular weight is 240 g/mol. The summed E-state index contributed by atoms with van der Waals surface area (Å²) in [6.45, 7) is 2.52. The number of aromatic nitrogens is 2. The maximum Gasteiger partial charge on any atom is 0.191 e. The van der Waals surface area contributed by atoms with Crippen molar-refractivity contribution in [3.63, 3.8) is 0 Å². The van der Waals surface area contributed by atoms with E-state index >= 15 is 0 Å². The van der Waals surface area contributed by atoms with Gasteiger partial charge in [0.15, 0.2) is 5.43 Å². The minimum atomic E-state index is -0.0319. The molecule has 1 N–H and O–H groups in total. The summed E-state index contributed by atoms with van der Waals surface area (Å²) >= 11 is 0. The predicted octanol–water partition coefficient (Wildman–Crippen LogP) is 2.47. The van der Waals surface area contributed by atoms with Crippen molar-refractivity contribution < 1.29 is 4.74 Å². The van der Waals surface area contributed by atoms with Crippen LogP contribution in [0, 0.1) is 0 Å². The van der Waals surface area contributed by atoms with Gasteiger partial charge in [-0.2, -0.15) is 0 Å². The number of fused-ring (bicyclic) bond motifs is 3. The third kappa shape index (κ3) is 1.54. The minimum Gasteiger partial charge on any atom is -0.493 e. The van der Waals surface area contributed by atoms with Crippen LogP contribution in [0.3, 0.4) is 0 Å². The first-order chi connectivity index (χ1) is 8.81. The van der Waals surface area contributed by atoms with Gasteiger partial charge >= 0.3 is 0 Å². The molecule has 0 atom stereocenters. The van der Waals surface area contributed by atoms with Crippen molar-refractivity contribution >= 4 is 21.8 Å². The maximum absolute atomic E-state index is 12.0. The summed E-state index contributed by atoms with van der Waals surface area (Å²) in [5.41, 5.74) is 1.44. The molecule has 0 spiro atoms. The van der Waals surface area contributed by atoms with Gasteiger partial charge in [0.05, 0.1) is 23.0 Å². The topological polar surface area (TPSA) is 55.0 Å². The van der Waals surface area contributed by atoms with E-state index in [9.17, 15) is 4.79 Å². The van der Waals surface area contributed by atoms with Crippen LogP contribution in [0.2, 0.25) is 0 Å². The lowest BCUT2D eigenvalue weighted by Gasteiger charge is -2.08. The first-order valence-electron chi connectivity index (χ1n) is 5.83. The molecule has 0 aliphatic carbocycles. The summed E-state index contributed by atoms with van der Waals surface area (Å²) in [6, 6.07) is 7.13. The number of hydrogen-bond acceptors (Lipinski definition) is 3. The van der Waals surface area contributed by atoms with Crippen LogP contribution >= 0.6 is 0 Å². The standard InChI is InChI=1S/C14H12N2O2/c1-2-18-12-6-8-16-14-9(12)3-4-10-13(14)11(17)5-7-15-10/h3-8H,2H2,1H3,(H,15,17). The molecule has 3 aromatic rings. The van der Waals surface area contributed by atoms with Gasteiger partial charge in [-0.15, -0.1) is 0 Å². The molecule has 2 aromatic heterocycles. The molecule has 0 saturated carbocycles. The molecule has 0 aliphatic rings. The number of ether oxygens (including phenoxy) is 1. The number of rotatable bonds is 2. The van der Waals surface area contributed by atoms with E-state index in [0.717, 1.165) is 16.7 Å². The zero-order valence-electron chi connectivity index (χ0n) is 9.93.